The van der Waals surface area contributed by atoms with Gasteiger partial charge < -0.3 is 14.8 Å². The Morgan fingerprint density at radius 3 is 2.60 bits per heavy atom. The maximum Gasteiger partial charge on any atom is 0.194 e. The Bertz CT molecular complexity index is 1370. The second-order valence-electron chi connectivity index (χ2n) is 8.69. The number of halogens is 4. The van der Waals surface area contributed by atoms with Crippen molar-refractivity contribution < 1.29 is 13.2 Å². The lowest BCUT2D eigenvalue weighted by Gasteiger charge is -2.34. The maximum atomic E-state index is 14.0. The molecule has 1 unspecified atom stereocenters. The molecule has 10 heteroatoms. The lowest BCUT2D eigenvalue weighted by Crippen LogP contribution is -2.35. The number of amidine groups is 1. The number of allylic oxidation sites excluding steroid dienone is 2. The second kappa shape index (κ2) is 9.30. The fraction of sp³-hybridized carbons (Fsp3) is 0.200. The van der Waals surface area contributed by atoms with Gasteiger partial charge in [-0.05, 0) is 61.7 Å². The van der Waals surface area contributed by atoms with E-state index in [1.807, 2.05) is 43.7 Å². The first-order valence-corrected chi connectivity index (χ1v) is 11.6. The van der Waals surface area contributed by atoms with Crippen LogP contribution < -0.4 is 10.8 Å². The van der Waals surface area contributed by atoms with E-state index in [2.05, 4.69) is 10.3 Å². The molecular formula is C25H22BClF3N5. The largest absolute Gasteiger partial charge is 0.352 e. The van der Waals surface area contributed by atoms with Gasteiger partial charge in [0.2, 0.25) is 0 Å². The predicted molar refractivity (Wildman–Crippen MR) is 135 cm³/mol. The van der Waals surface area contributed by atoms with Crippen molar-refractivity contribution in [3.63, 3.8) is 0 Å². The van der Waals surface area contributed by atoms with Gasteiger partial charge in [0, 0.05) is 30.3 Å². The van der Waals surface area contributed by atoms with Crippen LogP contribution in [0.15, 0.2) is 70.9 Å². The number of aliphatic imine (C=N–C) groups is 1. The molecule has 0 bridgehead atoms. The molecule has 5 nitrogen and oxygen atoms in total. The Hall–Kier alpha value is -3.46. The molecule has 2 aromatic carbocycles. The fourth-order valence-corrected chi connectivity index (χ4v) is 4.72. The van der Waals surface area contributed by atoms with E-state index in [0.717, 1.165) is 34.7 Å². The van der Waals surface area contributed by atoms with Crippen LogP contribution >= 0.6 is 11.6 Å². The quantitative estimate of drug-likeness (QED) is 0.429. The standard InChI is InChI=1S/C25H22BClF3N5/c1-14-11-34(13-32-14)23-5-4-17(10-18(23)26)33-21-9-16(27)12-35-22(3-2-6-31-25(21)35)15-7-19(28)24(30)20(29)8-15/h4-5,7-13,22,33H,2-3,6,26H2,1H3. The summed E-state index contributed by atoms with van der Waals surface area (Å²) in [5.74, 6) is -3.30. The third-order valence-corrected chi connectivity index (χ3v) is 6.33. The van der Waals surface area contributed by atoms with Crippen molar-refractivity contribution in [2.24, 2.45) is 4.99 Å². The lowest BCUT2D eigenvalue weighted by molar-refractivity contribution is 0.381. The summed E-state index contributed by atoms with van der Waals surface area (Å²) in [6.07, 6.45) is 8.47. The molecule has 0 radical (unpaired) electrons. The SMILES string of the molecule is Bc1cc(NC2=CC(Cl)=CN3C2=NCCCC3c2cc(F)c(F)c(F)c2)ccc1-n1cnc(C)c1. The summed E-state index contributed by atoms with van der Waals surface area (Å²) in [6, 6.07) is 7.60. The summed E-state index contributed by atoms with van der Waals surface area (Å²) in [7, 11) is 2.01. The average molecular weight is 496 g/mol. The van der Waals surface area contributed by atoms with Gasteiger partial charge in [0.05, 0.1) is 28.8 Å². The molecule has 35 heavy (non-hydrogen) atoms. The minimum Gasteiger partial charge on any atom is -0.352 e. The van der Waals surface area contributed by atoms with Crippen LogP contribution in [-0.4, -0.2) is 34.7 Å². The van der Waals surface area contributed by atoms with Crippen LogP contribution in [0.25, 0.3) is 5.69 Å². The molecule has 1 atom stereocenters. The Kier molecular flexibility index (Phi) is 6.19. The van der Waals surface area contributed by atoms with E-state index in [-0.39, 0.29) is 0 Å². The highest BCUT2D eigenvalue weighted by Gasteiger charge is 2.30. The van der Waals surface area contributed by atoms with Crippen LogP contribution in [0.2, 0.25) is 0 Å². The fourth-order valence-electron chi connectivity index (χ4n) is 4.50. The summed E-state index contributed by atoms with van der Waals surface area (Å²) in [5.41, 5.74) is 4.82. The van der Waals surface area contributed by atoms with E-state index in [1.165, 1.54) is 0 Å². The van der Waals surface area contributed by atoms with Gasteiger partial charge in [-0.2, -0.15) is 0 Å². The molecule has 0 spiro atoms. The Balaban J connectivity index is 1.46. The number of nitrogens with zero attached hydrogens (tertiary/aromatic N) is 4. The first kappa shape index (κ1) is 23.3. The highest BCUT2D eigenvalue weighted by atomic mass is 35.5. The molecule has 3 aromatic rings. The minimum absolute atomic E-state index is 0.328. The molecule has 1 aromatic heterocycles. The maximum absolute atomic E-state index is 14.0. The Labute approximate surface area is 207 Å². The molecular weight excluding hydrogens is 474 g/mol. The summed E-state index contributed by atoms with van der Waals surface area (Å²) in [5, 5.41) is 3.83. The van der Waals surface area contributed by atoms with E-state index < -0.39 is 23.5 Å². The summed E-state index contributed by atoms with van der Waals surface area (Å²) in [4.78, 5) is 10.8. The second-order valence-corrected chi connectivity index (χ2v) is 9.13. The van der Waals surface area contributed by atoms with Gasteiger partial charge in [-0.1, -0.05) is 17.1 Å². The molecule has 178 valence electrons. The smallest absolute Gasteiger partial charge is 0.194 e. The summed E-state index contributed by atoms with van der Waals surface area (Å²) >= 11 is 6.46. The van der Waals surface area contributed by atoms with Crippen molar-refractivity contribution in [2.75, 3.05) is 11.9 Å². The van der Waals surface area contributed by atoms with Gasteiger partial charge in [-0.25, -0.2) is 18.2 Å². The van der Waals surface area contributed by atoms with Crippen molar-refractivity contribution in [2.45, 2.75) is 25.8 Å². The Morgan fingerprint density at radius 1 is 1.14 bits per heavy atom. The number of hydrogen-bond donors (Lipinski definition) is 1. The monoisotopic (exact) mass is 495 g/mol. The highest BCUT2D eigenvalue weighted by Crippen LogP contribution is 2.35. The molecule has 0 fully saturated rings. The number of rotatable bonds is 4. The number of aryl methyl sites for hydroxylation is 1. The summed E-state index contributed by atoms with van der Waals surface area (Å²) in [6.45, 7) is 2.48. The molecule has 5 rings (SSSR count). The van der Waals surface area contributed by atoms with Crippen LogP contribution in [0.3, 0.4) is 0 Å². The number of nitrogens with one attached hydrogen (secondary N) is 1. The van der Waals surface area contributed by atoms with Crippen molar-refractivity contribution >= 4 is 36.4 Å². The first-order chi connectivity index (χ1) is 16.8. The third-order valence-electron chi connectivity index (χ3n) is 6.12. The topological polar surface area (TPSA) is 45.5 Å². The number of anilines is 1. The molecule has 0 saturated heterocycles. The molecule has 0 amide bonds. The van der Waals surface area contributed by atoms with Gasteiger partial charge in [0.1, 0.15) is 7.85 Å². The number of benzene rings is 2. The van der Waals surface area contributed by atoms with Crippen molar-refractivity contribution in [3.8, 4) is 5.69 Å². The van der Waals surface area contributed by atoms with E-state index in [4.69, 9.17) is 16.6 Å². The van der Waals surface area contributed by atoms with Gasteiger partial charge >= 0.3 is 0 Å². The predicted octanol–water partition coefficient (Wildman–Crippen LogP) is 4.48. The zero-order chi connectivity index (χ0) is 24.7. The zero-order valence-electron chi connectivity index (χ0n) is 19.2. The molecule has 3 heterocycles. The molecule has 2 aliphatic rings. The van der Waals surface area contributed by atoms with E-state index in [1.54, 1.807) is 23.5 Å². The van der Waals surface area contributed by atoms with Crippen LogP contribution in [0, 0.1) is 24.4 Å². The third kappa shape index (κ3) is 4.60. The van der Waals surface area contributed by atoms with Crippen molar-refractivity contribution in [3.05, 3.63) is 94.6 Å². The summed E-state index contributed by atoms with van der Waals surface area (Å²) < 4.78 is 43.6. The molecule has 0 saturated carbocycles. The molecule has 1 N–H and O–H groups in total. The van der Waals surface area contributed by atoms with Gasteiger partial charge in [0.25, 0.3) is 0 Å². The number of imidazole rings is 1. The number of hydrogen-bond acceptors (Lipinski definition) is 4. The van der Waals surface area contributed by atoms with Gasteiger partial charge in [-0.15, -0.1) is 0 Å². The van der Waals surface area contributed by atoms with E-state index >= 15 is 0 Å². The Morgan fingerprint density at radius 2 is 1.91 bits per heavy atom. The highest BCUT2D eigenvalue weighted by molar-refractivity contribution is 6.35. The first-order valence-electron chi connectivity index (χ1n) is 11.3. The average Bonchev–Trinajstić information content (AvgIpc) is 3.12. The van der Waals surface area contributed by atoms with Crippen LogP contribution in [0.5, 0.6) is 0 Å². The van der Waals surface area contributed by atoms with Crippen LogP contribution in [0.4, 0.5) is 18.9 Å². The van der Waals surface area contributed by atoms with Crippen molar-refractivity contribution in [1.29, 1.82) is 0 Å². The minimum atomic E-state index is -1.48. The van der Waals surface area contributed by atoms with E-state index in [9.17, 15) is 13.2 Å². The zero-order valence-corrected chi connectivity index (χ0v) is 20.0. The van der Waals surface area contributed by atoms with Gasteiger partial charge in [0.15, 0.2) is 23.3 Å². The normalized spacial score (nSPS) is 17.8. The van der Waals surface area contributed by atoms with Gasteiger partial charge in [-0.3, -0.25) is 4.99 Å². The number of fused-ring (bicyclic) bond motifs is 1. The van der Waals surface area contributed by atoms with Crippen LogP contribution in [0.1, 0.15) is 30.1 Å². The molecule has 2 aliphatic heterocycles. The lowest BCUT2D eigenvalue weighted by atomic mass is 9.93. The number of aromatic nitrogens is 2. The molecule has 0 aliphatic carbocycles. The van der Waals surface area contributed by atoms with Crippen LogP contribution in [-0.2, 0) is 0 Å². The van der Waals surface area contributed by atoms with Crippen molar-refractivity contribution in [1.82, 2.24) is 14.5 Å². The van der Waals surface area contributed by atoms with E-state index in [0.29, 0.717) is 41.5 Å².